The Morgan fingerprint density at radius 1 is 0.979 bits per heavy atom. The first-order chi connectivity index (χ1) is 23.0. The molecular formula is C35H28F3N3O5S2. The van der Waals surface area contributed by atoms with Crippen LogP contribution in [-0.4, -0.2) is 34.6 Å². The highest BCUT2D eigenvalue weighted by Crippen LogP contribution is 2.68. The summed E-state index contributed by atoms with van der Waals surface area (Å²) in [6.07, 6.45) is -3.98. The number of rotatable bonds is 6. The number of amides is 3. The Balaban J connectivity index is 1.08. The number of hydrogen-bond acceptors (Lipinski definition) is 7. The van der Waals surface area contributed by atoms with E-state index in [0.717, 1.165) is 49.4 Å². The minimum absolute atomic E-state index is 0.0690. The monoisotopic (exact) mass is 691 g/mol. The van der Waals surface area contributed by atoms with Crippen molar-refractivity contribution in [3.63, 3.8) is 0 Å². The van der Waals surface area contributed by atoms with Crippen molar-refractivity contribution >= 4 is 52.2 Å². The molecule has 8 nitrogen and oxygen atoms in total. The number of nitrogens with one attached hydrogen (secondary N) is 2. The van der Waals surface area contributed by atoms with Crippen LogP contribution in [0.25, 0.3) is 0 Å². The van der Waals surface area contributed by atoms with Gasteiger partial charge in [-0.3, -0.25) is 24.1 Å². The fourth-order valence-corrected chi connectivity index (χ4v) is 11.1. The number of carbonyl (C=O) groups is 3. The molecular weight excluding hydrogens is 664 g/mol. The van der Waals surface area contributed by atoms with Gasteiger partial charge in [0.25, 0.3) is 5.91 Å². The van der Waals surface area contributed by atoms with Crippen LogP contribution in [0.5, 0.6) is 5.75 Å². The van der Waals surface area contributed by atoms with Gasteiger partial charge in [0.1, 0.15) is 5.75 Å². The van der Waals surface area contributed by atoms with Gasteiger partial charge in [-0.05, 0) is 79.1 Å². The summed E-state index contributed by atoms with van der Waals surface area (Å²) in [6.45, 7) is 1.74. The number of halogens is 3. The molecule has 0 unspecified atom stereocenters. The van der Waals surface area contributed by atoms with Gasteiger partial charge in [0.2, 0.25) is 11.8 Å². The number of anilines is 2. The van der Waals surface area contributed by atoms with Gasteiger partial charge in [-0.15, -0.1) is 11.8 Å². The summed E-state index contributed by atoms with van der Waals surface area (Å²) in [6, 6.07) is 19.1. The fraction of sp³-hybridized carbons (Fsp3) is 0.314. The number of hydrogen-bond donors (Lipinski definition) is 2. The van der Waals surface area contributed by atoms with Crippen LogP contribution in [0, 0.1) is 36.5 Å². The highest BCUT2D eigenvalue weighted by molar-refractivity contribution is 8.00. The minimum atomic E-state index is -4.62. The predicted molar refractivity (Wildman–Crippen MR) is 174 cm³/mol. The van der Waals surface area contributed by atoms with Gasteiger partial charge < -0.3 is 15.0 Å². The third-order valence-electron chi connectivity index (χ3n) is 10.1. The Bertz CT molecular complexity index is 2030. The van der Waals surface area contributed by atoms with Gasteiger partial charge in [0.05, 0.1) is 28.1 Å². The van der Waals surface area contributed by atoms with E-state index in [2.05, 4.69) is 10.3 Å². The Kier molecular flexibility index (Phi) is 7.33. The molecule has 4 aromatic rings. The molecule has 7 atom stereocenters. The van der Waals surface area contributed by atoms with Crippen LogP contribution in [0.15, 0.2) is 82.6 Å². The molecule has 3 amide bonds. The van der Waals surface area contributed by atoms with Gasteiger partial charge in [0, 0.05) is 21.7 Å². The van der Waals surface area contributed by atoms with Crippen molar-refractivity contribution in [1.82, 2.24) is 4.98 Å². The zero-order chi connectivity index (χ0) is 33.5. The van der Waals surface area contributed by atoms with Crippen LogP contribution in [0.2, 0.25) is 0 Å². The first kappa shape index (κ1) is 30.9. The molecule has 2 bridgehead atoms. The summed E-state index contributed by atoms with van der Waals surface area (Å²) in [5.41, 5.74) is 1.59. The van der Waals surface area contributed by atoms with Crippen LogP contribution in [0.1, 0.15) is 33.9 Å². The molecule has 0 radical (unpaired) electrons. The van der Waals surface area contributed by atoms with E-state index in [-0.39, 0.29) is 52.0 Å². The van der Waals surface area contributed by atoms with Crippen molar-refractivity contribution in [2.45, 2.75) is 35.7 Å². The van der Waals surface area contributed by atoms with Crippen LogP contribution in [0.3, 0.4) is 0 Å². The molecule has 2 aliphatic heterocycles. The van der Waals surface area contributed by atoms with Crippen molar-refractivity contribution in [3.8, 4) is 5.75 Å². The fourth-order valence-electron chi connectivity index (χ4n) is 8.25. The van der Waals surface area contributed by atoms with E-state index in [4.69, 9.17) is 4.74 Å². The average molecular weight is 692 g/mol. The first-order valence-electron chi connectivity index (χ1n) is 15.5. The van der Waals surface area contributed by atoms with E-state index in [0.29, 0.717) is 17.9 Å². The van der Waals surface area contributed by atoms with Crippen molar-refractivity contribution in [1.29, 1.82) is 0 Å². The largest absolute Gasteiger partial charge is 0.484 e. The lowest BCUT2D eigenvalue weighted by atomic mass is 9.68. The number of aromatic amines is 1. The number of benzene rings is 3. The molecule has 1 aromatic heterocycles. The first-order valence-corrected chi connectivity index (χ1v) is 17.2. The predicted octanol–water partition coefficient (Wildman–Crippen LogP) is 6.46. The molecule has 3 aromatic carbocycles. The van der Waals surface area contributed by atoms with E-state index < -0.39 is 35.4 Å². The number of alkyl halides is 3. The highest BCUT2D eigenvalue weighted by atomic mass is 32.2. The second-order valence-corrected chi connectivity index (χ2v) is 15.0. The second kappa shape index (κ2) is 11.4. The van der Waals surface area contributed by atoms with E-state index in [1.807, 2.05) is 49.4 Å². The summed E-state index contributed by atoms with van der Waals surface area (Å²) in [4.78, 5) is 57.6. The SMILES string of the molecule is Cc1ccc(NC(=O)COc2cccc([C@@H]3c4sc(=O)[nH]c4S[C@@H]4[C@@H]5C[C@@H]([C@@H]6C(=O)N(c7cccc(C(F)(F)F)c7)C(=O)[C@@H]56)[C@H]34)c2)cc1. The molecule has 1 saturated heterocycles. The van der Waals surface area contributed by atoms with Gasteiger partial charge >= 0.3 is 11.0 Å². The summed E-state index contributed by atoms with van der Waals surface area (Å²) >= 11 is 2.64. The summed E-state index contributed by atoms with van der Waals surface area (Å²) in [5.74, 6) is -2.90. The summed E-state index contributed by atoms with van der Waals surface area (Å²) in [5, 5.41) is 3.45. The van der Waals surface area contributed by atoms with Crippen LogP contribution >= 0.6 is 23.1 Å². The Morgan fingerprint density at radius 2 is 1.71 bits per heavy atom. The quantitative estimate of drug-likeness (QED) is 0.225. The third kappa shape index (κ3) is 5.06. The zero-order valence-corrected chi connectivity index (χ0v) is 27.0. The van der Waals surface area contributed by atoms with Gasteiger partial charge in [0.15, 0.2) is 6.61 Å². The van der Waals surface area contributed by atoms with Crippen molar-refractivity contribution < 1.29 is 32.3 Å². The van der Waals surface area contributed by atoms with Crippen LogP contribution < -0.4 is 19.8 Å². The van der Waals surface area contributed by atoms with Crippen molar-refractivity contribution in [2.24, 2.45) is 29.6 Å². The van der Waals surface area contributed by atoms with E-state index >= 15 is 0 Å². The number of thiazole rings is 1. The molecule has 4 aliphatic rings. The molecule has 48 heavy (non-hydrogen) atoms. The Morgan fingerprint density at radius 3 is 2.46 bits per heavy atom. The minimum Gasteiger partial charge on any atom is -0.484 e. The number of carbonyl (C=O) groups excluding carboxylic acids is 3. The molecule has 0 spiro atoms. The highest BCUT2D eigenvalue weighted by Gasteiger charge is 2.69. The number of H-pyrrole nitrogens is 1. The van der Waals surface area contributed by atoms with Crippen LogP contribution in [0.4, 0.5) is 24.5 Å². The number of thioether (sulfide) groups is 1. The lowest BCUT2D eigenvalue weighted by Crippen LogP contribution is -2.42. The molecule has 2 N–H and O–H groups in total. The number of aromatic nitrogens is 1. The molecule has 2 saturated carbocycles. The number of fused-ring (bicyclic) bond motifs is 9. The second-order valence-electron chi connectivity index (χ2n) is 12.8. The summed E-state index contributed by atoms with van der Waals surface area (Å²) in [7, 11) is 0. The molecule has 3 fully saturated rings. The molecule has 2 aliphatic carbocycles. The molecule has 246 valence electrons. The van der Waals surface area contributed by atoms with Gasteiger partial charge in [-0.25, -0.2) is 0 Å². The lowest BCUT2D eigenvalue weighted by Gasteiger charge is -2.43. The Labute approximate surface area is 280 Å². The maximum absolute atomic E-state index is 14.0. The molecule has 8 rings (SSSR count). The normalized spacial score (nSPS) is 27.1. The smallest absolute Gasteiger partial charge is 0.416 e. The average Bonchev–Trinajstić information content (AvgIpc) is 3.79. The Hall–Kier alpha value is -4.36. The maximum Gasteiger partial charge on any atom is 0.416 e. The number of nitrogens with zero attached hydrogens (tertiary/aromatic N) is 1. The molecule has 13 heteroatoms. The number of aryl methyl sites for hydroxylation is 1. The zero-order valence-electron chi connectivity index (χ0n) is 25.3. The van der Waals surface area contributed by atoms with Crippen molar-refractivity contribution in [2.75, 3.05) is 16.8 Å². The van der Waals surface area contributed by atoms with Crippen LogP contribution in [-0.2, 0) is 20.6 Å². The summed E-state index contributed by atoms with van der Waals surface area (Å²) < 4.78 is 46.4. The molecule has 3 heterocycles. The van der Waals surface area contributed by atoms with Gasteiger partial charge in [-0.2, -0.15) is 13.2 Å². The van der Waals surface area contributed by atoms with Gasteiger partial charge in [-0.1, -0.05) is 47.2 Å². The lowest BCUT2D eigenvalue weighted by molar-refractivity contribution is -0.137. The van der Waals surface area contributed by atoms with E-state index in [1.165, 1.54) is 23.9 Å². The van der Waals surface area contributed by atoms with E-state index in [9.17, 15) is 32.3 Å². The maximum atomic E-state index is 14.0. The standard InChI is InChI=1S/C35H28F3N3O5S2/c1-16-8-10-19(11-9-16)39-24(42)15-46-21-7-2-4-17(12-21)25-26-22-14-23(29(26)47-31-30(25)48-34(45)40-31)28-27(22)32(43)41(33(28)44)20-6-3-5-18(13-20)35(36,37)38/h2-13,22-23,25-29H,14-15H2,1H3,(H,39,42)(H,40,45)/t22-,23-,25+,26-,27+,28+,29-/m1/s1. The number of imide groups is 1. The van der Waals surface area contributed by atoms with Crippen molar-refractivity contribution in [3.05, 3.63) is 104 Å². The third-order valence-corrected chi connectivity index (χ3v) is 12.7. The number of ether oxygens (including phenoxy) is 1. The van der Waals surface area contributed by atoms with E-state index in [1.54, 1.807) is 6.07 Å². The topological polar surface area (TPSA) is 109 Å².